The Morgan fingerprint density at radius 3 is 2.73 bits per heavy atom. The monoisotopic (exact) mass is 154 g/mol. The van der Waals surface area contributed by atoms with Crippen molar-refractivity contribution in [2.24, 2.45) is 5.73 Å². The highest BCUT2D eigenvalue weighted by atomic mass is 16.1. The van der Waals surface area contributed by atoms with Gasteiger partial charge in [0, 0.05) is 12.1 Å². The van der Waals surface area contributed by atoms with Gasteiger partial charge in [-0.05, 0) is 25.8 Å². The first-order valence-electron chi connectivity index (χ1n) is 3.91. The van der Waals surface area contributed by atoms with Crippen molar-refractivity contribution in [3.8, 4) is 0 Å². The lowest BCUT2D eigenvalue weighted by atomic mass is 9.88. The third-order valence-corrected chi connectivity index (χ3v) is 1.84. The summed E-state index contributed by atoms with van der Waals surface area (Å²) < 4.78 is 0. The number of rotatable bonds is 2. The Morgan fingerprint density at radius 1 is 1.64 bits per heavy atom. The number of hydrogen-bond donors (Lipinski definition) is 2. The fraction of sp³-hybridized carbons (Fsp3) is 0.625. The smallest absolute Gasteiger partial charge is 0.243 e. The van der Waals surface area contributed by atoms with Gasteiger partial charge in [-0.15, -0.1) is 0 Å². The molecule has 0 aliphatic heterocycles. The van der Waals surface area contributed by atoms with Crippen LogP contribution < -0.4 is 11.1 Å². The third kappa shape index (κ3) is 2.35. The standard InChI is InChI=1S/C8H14N2O/c1-2-3-8(11)10-7-4-6(9)5-7/h2-3,6-7H,4-5,9H2,1H3,(H,10,11)/b3-2+. The number of allylic oxidation sites excluding steroid dienone is 1. The Balaban J connectivity index is 2.17. The summed E-state index contributed by atoms with van der Waals surface area (Å²) in [6, 6.07) is 0.611. The molecular formula is C8H14N2O. The van der Waals surface area contributed by atoms with Crippen LogP contribution in [0.3, 0.4) is 0 Å². The van der Waals surface area contributed by atoms with E-state index in [2.05, 4.69) is 5.32 Å². The van der Waals surface area contributed by atoms with Crippen LogP contribution in [0.25, 0.3) is 0 Å². The first-order valence-corrected chi connectivity index (χ1v) is 3.91. The molecule has 3 heteroatoms. The molecule has 11 heavy (non-hydrogen) atoms. The van der Waals surface area contributed by atoms with Crippen LogP contribution in [0.5, 0.6) is 0 Å². The van der Waals surface area contributed by atoms with Crippen molar-refractivity contribution in [1.82, 2.24) is 5.32 Å². The van der Waals surface area contributed by atoms with Crippen molar-refractivity contribution in [3.05, 3.63) is 12.2 Å². The molecule has 0 radical (unpaired) electrons. The van der Waals surface area contributed by atoms with E-state index in [1.54, 1.807) is 6.08 Å². The highest BCUT2D eigenvalue weighted by Crippen LogP contribution is 2.16. The van der Waals surface area contributed by atoms with Crippen molar-refractivity contribution in [2.75, 3.05) is 0 Å². The lowest BCUT2D eigenvalue weighted by Crippen LogP contribution is -2.49. The average molecular weight is 154 g/mol. The summed E-state index contributed by atoms with van der Waals surface area (Å²) in [4.78, 5) is 10.9. The molecule has 1 fully saturated rings. The topological polar surface area (TPSA) is 55.1 Å². The summed E-state index contributed by atoms with van der Waals surface area (Å²) in [5.41, 5.74) is 5.55. The SMILES string of the molecule is C/C=C/C(=O)NC1CC(N)C1. The minimum absolute atomic E-state index is 0.00981. The molecule has 1 amide bonds. The summed E-state index contributed by atoms with van der Waals surface area (Å²) in [6.45, 7) is 1.83. The Labute approximate surface area is 66.6 Å². The predicted molar refractivity (Wildman–Crippen MR) is 44.0 cm³/mol. The van der Waals surface area contributed by atoms with Gasteiger partial charge < -0.3 is 11.1 Å². The maximum absolute atomic E-state index is 10.9. The maximum atomic E-state index is 10.9. The van der Waals surface area contributed by atoms with Crippen molar-refractivity contribution in [2.45, 2.75) is 31.8 Å². The molecule has 0 aromatic heterocycles. The second-order valence-electron chi connectivity index (χ2n) is 2.94. The van der Waals surface area contributed by atoms with Crippen LogP contribution >= 0.6 is 0 Å². The predicted octanol–water partition coefficient (Wildman–Crippen LogP) is 0.168. The Bertz CT molecular complexity index is 171. The van der Waals surface area contributed by atoms with E-state index in [-0.39, 0.29) is 5.91 Å². The number of carbonyl (C=O) groups is 1. The van der Waals surface area contributed by atoms with Gasteiger partial charge in [-0.2, -0.15) is 0 Å². The van der Waals surface area contributed by atoms with Crippen molar-refractivity contribution >= 4 is 5.91 Å². The van der Waals surface area contributed by atoms with Crippen molar-refractivity contribution in [1.29, 1.82) is 0 Å². The molecule has 1 rings (SSSR count). The maximum Gasteiger partial charge on any atom is 0.243 e. The molecule has 0 spiro atoms. The van der Waals surface area contributed by atoms with Crippen molar-refractivity contribution < 1.29 is 4.79 Å². The molecule has 0 bridgehead atoms. The van der Waals surface area contributed by atoms with Gasteiger partial charge in [0.05, 0.1) is 0 Å². The molecule has 0 aromatic carbocycles. The van der Waals surface area contributed by atoms with Crippen LogP contribution in [0.4, 0.5) is 0 Å². The Kier molecular flexibility index (Phi) is 2.65. The zero-order chi connectivity index (χ0) is 8.27. The average Bonchev–Trinajstić information content (AvgIpc) is 1.85. The van der Waals surface area contributed by atoms with Gasteiger partial charge in [-0.25, -0.2) is 0 Å². The molecule has 1 aliphatic rings. The second kappa shape index (κ2) is 3.53. The molecule has 1 aliphatic carbocycles. The fourth-order valence-electron chi connectivity index (χ4n) is 1.18. The van der Waals surface area contributed by atoms with Crippen LogP contribution in [0, 0.1) is 0 Å². The van der Waals surface area contributed by atoms with E-state index in [0.717, 1.165) is 12.8 Å². The highest BCUT2D eigenvalue weighted by molar-refractivity contribution is 5.87. The van der Waals surface area contributed by atoms with Gasteiger partial charge in [0.15, 0.2) is 0 Å². The summed E-state index contributed by atoms with van der Waals surface area (Å²) in [5, 5.41) is 2.84. The molecule has 3 nitrogen and oxygen atoms in total. The van der Waals surface area contributed by atoms with Gasteiger partial charge in [0.1, 0.15) is 0 Å². The van der Waals surface area contributed by atoms with Crippen LogP contribution in [0.1, 0.15) is 19.8 Å². The summed E-state index contributed by atoms with van der Waals surface area (Å²) in [7, 11) is 0. The first kappa shape index (κ1) is 8.27. The largest absolute Gasteiger partial charge is 0.350 e. The number of nitrogens with two attached hydrogens (primary N) is 1. The molecule has 3 N–H and O–H groups in total. The lowest BCUT2D eigenvalue weighted by Gasteiger charge is -2.32. The molecule has 0 unspecified atom stereocenters. The molecule has 1 saturated carbocycles. The van der Waals surface area contributed by atoms with E-state index >= 15 is 0 Å². The molecule has 0 saturated heterocycles. The third-order valence-electron chi connectivity index (χ3n) is 1.84. The van der Waals surface area contributed by atoms with Gasteiger partial charge in [0.2, 0.25) is 5.91 Å². The zero-order valence-electron chi connectivity index (χ0n) is 6.71. The van der Waals surface area contributed by atoms with Crippen LogP contribution in [-0.2, 0) is 4.79 Å². The van der Waals surface area contributed by atoms with Gasteiger partial charge >= 0.3 is 0 Å². The Hall–Kier alpha value is -0.830. The minimum atomic E-state index is -0.00981. The lowest BCUT2D eigenvalue weighted by molar-refractivity contribution is -0.117. The van der Waals surface area contributed by atoms with E-state index in [0.29, 0.717) is 12.1 Å². The van der Waals surface area contributed by atoms with E-state index in [1.807, 2.05) is 6.92 Å². The number of amides is 1. The summed E-state index contributed by atoms with van der Waals surface area (Å²) >= 11 is 0. The normalized spacial score (nSPS) is 30.0. The second-order valence-corrected chi connectivity index (χ2v) is 2.94. The van der Waals surface area contributed by atoms with E-state index in [9.17, 15) is 4.79 Å². The zero-order valence-corrected chi connectivity index (χ0v) is 6.71. The number of carbonyl (C=O) groups excluding carboxylic acids is 1. The molecule has 62 valence electrons. The van der Waals surface area contributed by atoms with Crippen LogP contribution in [0.2, 0.25) is 0 Å². The van der Waals surface area contributed by atoms with Gasteiger partial charge in [0.25, 0.3) is 0 Å². The quantitative estimate of drug-likeness (QED) is 0.557. The summed E-state index contributed by atoms with van der Waals surface area (Å²) in [5.74, 6) is -0.00981. The number of hydrogen-bond acceptors (Lipinski definition) is 2. The molecule has 0 aromatic rings. The van der Waals surface area contributed by atoms with E-state index < -0.39 is 0 Å². The minimum Gasteiger partial charge on any atom is -0.350 e. The first-order chi connectivity index (χ1) is 5.22. The van der Waals surface area contributed by atoms with Crippen LogP contribution in [-0.4, -0.2) is 18.0 Å². The van der Waals surface area contributed by atoms with Crippen LogP contribution in [0.15, 0.2) is 12.2 Å². The molecular weight excluding hydrogens is 140 g/mol. The number of nitrogens with one attached hydrogen (secondary N) is 1. The highest BCUT2D eigenvalue weighted by Gasteiger charge is 2.26. The Morgan fingerprint density at radius 2 is 2.27 bits per heavy atom. The van der Waals surface area contributed by atoms with E-state index in [4.69, 9.17) is 5.73 Å². The fourth-order valence-corrected chi connectivity index (χ4v) is 1.18. The van der Waals surface area contributed by atoms with Gasteiger partial charge in [-0.3, -0.25) is 4.79 Å². The van der Waals surface area contributed by atoms with E-state index in [1.165, 1.54) is 6.08 Å². The molecule has 0 atom stereocenters. The van der Waals surface area contributed by atoms with Gasteiger partial charge in [-0.1, -0.05) is 6.08 Å². The summed E-state index contributed by atoms with van der Waals surface area (Å²) in [6.07, 6.45) is 5.10. The molecule has 0 heterocycles. The van der Waals surface area contributed by atoms with Crippen molar-refractivity contribution in [3.63, 3.8) is 0 Å².